The van der Waals surface area contributed by atoms with Crippen molar-refractivity contribution >= 4 is 23.2 Å². The second kappa shape index (κ2) is 11.7. The standard InChI is InChI=1S/C30H33F5N6O2/c1-18-17-41(11-10-39(18)3)26-14-24(32)22(19-15-36-28(37-16-19)40-8-6-29(2,43)7-9-40)13-25(26)38-27(42)21-5-4-20(31)12-23(21)30(33,34)35/h4-5,12-16,18,43H,6-11,17H2,1-3H3,(H,38,42)/t18-/m0/s1. The molecule has 2 aliphatic rings. The molecule has 2 saturated heterocycles. The summed E-state index contributed by atoms with van der Waals surface area (Å²) in [6.07, 6.45) is -0.989. The predicted molar refractivity (Wildman–Crippen MR) is 153 cm³/mol. The van der Waals surface area contributed by atoms with Crippen LogP contribution in [0.15, 0.2) is 42.7 Å². The summed E-state index contributed by atoms with van der Waals surface area (Å²) in [6, 6.07) is 4.54. The lowest BCUT2D eigenvalue weighted by atomic mass is 9.94. The highest BCUT2D eigenvalue weighted by molar-refractivity contribution is 6.07. The molecule has 3 heterocycles. The van der Waals surface area contributed by atoms with E-state index >= 15 is 4.39 Å². The molecule has 0 bridgehead atoms. The molecule has 0 spiro atoms. The number of hydrogen-bond donors (Lipinski definition) is 2. The van der Waals surface area contributed by atoms with Gasteiger partial charge in [-0.05, 0) is 64.1 Å². The maximum absolute atomic E-state index is 15.7. The number of aromatic nitrogens is 2. The number of rotatable bonds is 5. The second-order valence-electron chi connectivity index (χ2n) is 11.5. The van der Waals surface area contributed by atoms with Crippen molar-refractivity contribution in [2.24, 2.45) is 0 Å². The van der Waals surface area contributed by atoms with Crippen molar-refractivity contribution in [2.45, 2.75) is 44.5 Å². The first-order valence-electron chi connectivity index (χ1n) is 14.0. The first kappa shape index (κ1) is 30.6. The molecular formula is C30H33F5N6O2. The quantitative estimate of drug-likeness (QED) is 0.388. The Kier molecular flexibility index (Phi) is 8.32. The zero-order chi connectivity index (χ0) is 31.1. The lowest BCUT2D eigenvalue weighted by Gasteiger charge is -2.39. The van der Waals surface area contributed by atoms with Gasteiger partial charge in [0.1, 0.15) is 11.6 Å². The highest BCUT2D eigenvalue weighted by atomic mass is 19.4. The summed E-state index contributed by atoms with van der Waals surface area (Å²) in [5.41, 5.74) is -2.17. The van der Waals surface area contributed by atoms with E-state index in [1.165, 1.54) is 24.5 Å². The number of benzene rings is 2. The van der Waals surface area contributed by atoms with E-state index in [1.54, 1.807) is 6.92 Å². The number of carbonyl (C=O) groups is 1. The summed E-state index contributed by atoms with van der Waals surface area (Å²) >= 11 is 0. The highest BCUT2D eigenvalue weighted by Crippen LogP contribution is 2.37. The van der Waals surface area contributed by atoms with Crippen LogP contribution in [0.1, 0.15) is 42.6 Å². The molecule has 5 rings (SSSR count). The molecule has 2 aliphatic heterocycles. The van der Waals surface area contributed by atoms with Crippen LogP contribution in [0.4, 0.5) is 39.3 Å². The molecule has 2 aromatic carbocycles. The number of amides is 1. The van der Waals surface area contributed by atoms with E-state index in [9.17, 15) is 27.5 Å². The van der Waals surface area contributed by atoms with Gasteiger partial charge < -0.3 is 25.1 Å². The van der Waals surface area contributed by atoms with Gasteiger partial charge in [-0.3, -0.25) is 4.79 Å². The minimum Gasteiger partial charge on any atom is -0.390 e. The number of piperidine rings is 1. The molecule has 3 aromatic rings. The summed E-state index contributed by atoms with van der Waals surface area (Å²) in [5.74, 6) is -2.44. The number of halogens is 5. The average molecular weight is 605 g/mol. The minimum absolute atomic E-state index is 0.0458. The van der Waals surface area contributed by atoms with Crippen LogP contribution in [0.2, 0.25) is 0 Å². The number of hydrogen-bond acceptors (Lipinski definition) is 7. The van der Waals surface area contributed by atoms with Crippen LogP contribution < -0.4 is 15.1 Å². The van der Waals surface area contributed by atoms with E-state index in [1.807, 2.05) is 23.8 Å². The molecule has 1 atom stereocenters. The normalized spacial score (nSPS) is 19.4. The number of nitrogens with zero attached hydrogens (tertiary/aromatic N) is 5. The van der Waals surface area contributed by atoms with Gasteiger partial charge in [0, 0.05) is 62.3 Å². The largest absolute Gasteiger partial charge is 0.417 e. The predicted octanol–water partition coefficient (Wildman–Crippen LogP) is 5.18. The molecule has 0 unspecified atom stereocenters. The topological polar surface area (TPSA) is 84.8 Å². The summed E-state index contributed by atoms with van der Waals surface area (Å²) < 4.78 is 70.4. The molecule has 2 fully saturated rings. The molecule has 1 aromatic heterocycles. The van der Waals surface area contributed by atoms with Crippen molar-refractivity contribution in [3.63, 3.8) is 0 Å². The lowest BCUT2D eigenvalue weighted by molar-refractivity contribution is -0.138. The summed E-state index contributed by atoms with van der Waals surface area (Å²) in [6.45, 7) is 6.51. The molecule has 0 radical (unpaired) electrons. The Balaban J connectivity index is 1.50. The zero-order valence-corrected chi connectivity index (χ0v) is 24.0. The number of alkyl halides is 3. The zero-order valence-electron chi connectivity index (χ0n) is 24.0. The Hall–Kier alpha value is -3.84. The highest BCUT2D eigenvalue weighted by Gasteiger charge is 2.36. The van der Waals surface area contributed by atoms with Crippen LogP contribution >= 0.6 is 0 Å². The van der Waals surface area contributed by atoms with E-state index in [4.69, 9.17) is 0 Å². The second-order valence-corrected chi connectivity index (χ2v) is 11.5. The average Bonchev–Trinajstić information content (AvgIpc) is 2.95. The molecular weight excluding hydrogens is 571 g/mol. The lowest BCUT2D eigenvalue weighted by Crippen LogP contribution is -2.50. The SMILES string of the molecule is C[C@H]1CN(c2cc(F)c(-c3cnc(N4CCC(C)(O)CC4)nc3)cc2NC(=O)c2ccc(F)cc2C(F)(F)F)CCN1C. The first-order valence-corrected chi connectivity index (χ1v) is 14.0. The number of carbonyl (C=O) groups excluding carboxylic acids is 1. The Bertz CT molecular complexity index is 1490. The van der Waals surface area contributed by atoms with Crippen molar-refractivity contribution in [3.05, 3.63) is 65.5 Å². The Labute approximate surface area is 246 Å². The van der Waals surface area contributed by atoms with Gasteiger partial charge in [-0.25, -0.2) is 18.7 Å². The number of piperazine rings is 1. The molecule has 230 valence electrons. The van der Waals surface area contributed by atoms with Crippen molar-refractivity contribution in [2.75, 3.05) is 54.9 Å². The Morgan fingerprint density at radius 3 is 2.33 bits per heavy atom. The summed E-state index contributed by atoms with van der Waals surface area (Å²) in [7, 11) is 1.96. The van der Waals surface area contributed by atoms with Gasteiger partial charge in [0.05, 0.1) is 28.1 Å². The number of aliphatic hydroxyl groups is 1. The van der Waals surface area contributed by atoms with Gasteiger partial charge in [-0.15, -0.1) is 0 Å². The molecule has 43 heavy (non-hydrogen) atoms. The fourth-order valence-corrected chi connectivity index (χ4v) is 5.36. The van der Waals surface area contributed by atoms with Crippen LogP contribution in [0, 0.1) is 11.6 Å². The van der Waals surface area contributed by atoms with Crippen LogP contribution in [-0.2, 0) is 6.18 Å². The van der Waals surface area contributed by atoms with Gasteiger partial charge >= 0.3 is 6.18 Å². The van der Waals surface area contributed by atoms with E-state index in [0.29, 0.717) is 62.8 Å². The van der Waals surface area contributed by atoms with Crippen molar-refractivity contribution in [3.8, 4) is 11.1 Å². The molecule has 2 N–H and O–H groups in total. The fourth-order valence-electron chi connectivity index (χ4n) is 5.36. The number of nitrogens with one attached hydrogen (secondary N) is 1. The Morgan fingerprint density at radius 2 is 1.70 bits per heavy atom. The third-order valence-corrected chi connectivity index (χ3v) is 8.24. The van der Waals surface area contributed by atoms with Crippen LogP contribution in [0.5, 0.6) is 0 Å². The van der Waals surface area contributed by atoms with Gasteiger partial charge in [0.15, 0.2) is 0 Å². The Morgan fingerprint density at radius 1 is 1.02 bits per heavy atom. The third-order valence-electron chi connectivity index (χ3n) is 8.24. The van der Waals surface area contributed by atoms with Crippen LogP contribution in [0.25, 0.3) is 11.1 Å². The molecule has 0 aliphatic carbocycles. The van der Waals surface area contributed by atoms with E-state index in [0.717, 1.165) is 12.1 Å². The maximum atomic E-state index is 15.7. The van der Waals surface area contributed by atoms with E-state index < -0.39 is 40.4 Å². The summed E-state index contributed by atoms with van der Waals surface area (Å²) in [5, 5.41) is 12.8. The molecule has 8 nitrogen and oxygen atoms in total. The minimum atomic E-state index is -4.97. The van der Waals surface area contributed by atoms with Crippen molar-refractivity contribution in [1.29, 1.82) is 0 Å². The van der Waals surface area contributed by atoms with Crippen molar-refractivity contribution < 1.29 is 31.9 Å². The summed E-state index contributed by atoms with van der Waals surface area (Å²) in [4.78, 5) is 27.9. The van der Waals surface area contributed by atoms with E-state index in [2.05, 4.69) is 20.2 Å². The molecule has 0 saturated carbocycles. The van der Waals surface area contributed by atoms with Gasteiger partial charge in [-0.2, -0.15) is 13.2 Å². The number of likely N-dealkylation sites (N-methyl/N-ethyl adjacent to an activating group) is 1. The van der Waals surface area contributed by atoms with E-state index in [-0.39, 0.29) is 23.4 Å². The number of anilines is 3. The smallest absolute Gasteiger partial charge is 0.390 e. The third kappa shape index (κ3) is 6.72. The van der Waals surface area contributed by atoms with Crippen LogP contribution in [0.3, 0.4) is 0 Å². The van der Waals surface area contributed by atoms with Gasteiger partial charge in [-0.1, -0.05) is 0 Å². The fraction of sp³-hybridized carbons (Fsp3) is 0.433. The van der Waals surface area contributed by atoms with Gasteiger partial charge in [0.25, 0.3) is 5.91 Å². The molecule has 1 amide bonds. The van der Waals surface area contributed by atoms with Crippen molar-refractivity contribution in [1.82, 2.24) is 14.9 Å². The maximum Gasteiger partial charge on any atom is 0.417 e. The molecule has 13 heteroatoms. The van der Waals surface area contributed by atoms with Crippen LogP contribution in [-0.4, -0.2) is 77.3 Å². The van der Waals surface area contributed by atoms with Gasteiger partial charge in [0.2, 0.25) is 5.95 Å². The monoisotopic (exact) mass is 604 g/mol. The first-order chi connectivity index (χ1) is 20.2.